The maximum absolute atomic E-state index is 11.6. The number of hydrogen-bond acceptors (Lipinski definition) is 5. The smallest absolute Gasteiger partial charge is 0.306 e. The quantitative estimate of drug-likeness (QED) is 0.483. The van der Waals surface area contributed by atoms with Crippen LogP contribution < -0.4 is 5.32 Å². The topological polar surface area (TPSA) is 56.8 Å². The van der Waals surface area contributed by atoms with E-state index in [0.29, 0.717) is 25.0 Å². The Morgan fingerprint density at radius 2 is 2.06 bits per heavy atom. The van der Waals surface area contributed by atoms with Crippen LogP contribution in [-0.4, -0.2) is 24.7 Å². The van der Waals surface area contributed by atoms with Gasteiger partial charge in [0.2, 0.25) is 0 Å². The molecule has 3 atom stereocenters. The molecule has 2 aliphatic carbocycles. The van der Waals surface area contributed by atoms with Gasteiger partial charge in [-0.3, -0.25) is 4.79 Å². The molecule has 0 spiro atoms. The molecule has 0 aromatic heterocycles. The van der Waals surface area contributed by atoms with Gasteiger partial charge in [-0.05, 0) is 75.0 Å². The van der Waals surface area contributed by atoms with Gasteiger partial charge in [0.1, 0.15) is 12.5 Å². The second kappa shape index (κ2) is 11.4. The third-order valence-electron chi connectivity index (χ3n) is 6.64. The Balaban J connectivity index is 1.25. The Hall–Kier alpha value is -2.79. The van der Waals surface area contributed by atoms with E-state index >= 15 is 0 Å². The van der Waals surface area contributed by atoms with Gasteiger partial charge in [0.25, 0.3) is 0 Å². The van der Waals surface area contributed by atoms with Crippen LogP contribution in [0.5, 0.6) is 0 Å². The largest absolute Gasteiger partial charge is 0.466 e. The van der Waals surface area contributed by atoms with Gasteiger partial charge < -0.3 is 19.5 Å². The molecule has 5 nitrogen and oxygen atoms in total. The van der Waals surface area contributed by atoms with Crippen LogP contribution in [0.2, 0.25) is 0 Å². The minimum Gasteiger partial charge on any atom is -0.466 e. The zero-order valence-electron chi connectivity index (χ0n) is 19.7. The van der Waals surface area contributed by atoms with Crippen LogP contribution in [0.4, 0.5) is 0 Å². The van der Waals surface area contributed by atoms with Gasteiger partial charge in [0.05, 0.1) is 12.6 Å². The number of hydrogen-bond donors (Lipinski definition) is 1. The van der Waals surface area contributed by atoms with Gasteiger partial charge in [-0.1, -0.05) is 42.5 Å². The first-order valence-electron chi connectivity index (χ1n) is 12.2. The molecule has 1 saturated carbocycles. The monoisotopic (exact) mass is 449 g/mol. The van der Waals surface area contributed by atoms with Gasteiger partial charge in [0.15, 0.2) is 11.5 Å². The molecule has 0 unspecified atom stereocenters. The summed E-state index contributed by atoms with van der Waals surface area (Å²) in [6, 6.07) is 9.28. The molecule has 0 radical (unpaired) electrons. The molecule has 1 aromatic rings. The lowest BCUT2D eigenvalue weighted by molar-refractivity contribution is -0.143. The molecule has 3 aliphatic rings. The molecule has 176 valence electrons. The van der Waals surface area contributed by atoms with Crippen molar-refractivity contribution in [2.45, 2.75) is 76.8 Å². The van der Waals surface area contributed by atoms with Crippen LogP contribution in [0.25, 0.3) is 0 Å². The summed E-state index contributed by atoms with van der Waals surface area (Å²) in [6.45, 7) is 4.42. The van der Waals surface area contributed by atoms with Crippen molar-refractivity contribution in [1.82, 2.24) is 5.32 Å². The van der Waals surface area contributed by atoms with Crippen LogP contribution in [0.15, 0.2) is 72.1 Å². The molecule has 1 aromatic carbocycles. The number of esters is 1. The maximum atomic E-state index is 11.6. The highest BCUT2D eigenvalue weighted by atomic mass is 16.5. The van der Waals surface area contributed by atoms with E-state index in [2.05, 4.69) is 54.7 Å². The van der Waals surface area contributed by atoms with Crippen LogP contribution in [-0.2, 0) is 25.4 Å². The van der Waals surface area contributed by atoms with Gasteiger partial charge in [-0.25, -0.2) is 0 Å². The molecule has 1 fully saturated rings. The van der Waals surface area contributed by atoms with Crippen molar-refractivity contribution in [3.63, 3.8) is 0 Å². The van der Waals surface area contributed by atoms with Gasteiger partial charge in [-0.15, -0.1) is 0 Å². The fourth-order valence-corrected chi connectivity index (χ4v) is 4.78. The number of rotatable bonds is 9. The molecule has 33 heavy (non-hydrogen) atoms. The average Bonchev–Trinajstić information content (AvgIpc) is 3.32. The maximum Gasteiger partial charge on any atom is 0.306 e. The fraction of sp³-hybridized carbons (Fsp3) is 0.464. The third-order valence-corrected chi connectivity index (χ3v) is 6.64. The Morgan fingerprint density at radius 1 is 1.21 bits per heavy atom. The Morgan fingerprint density at radius 3 is 2.82 bits per heavy atom. The summed E-state index contributed by atoms with van der Waals surface area (Å²) in [5.74, 6) is 2.08. The summed E-state index contributed by atoms with van der Waals surface area (Å²) >= 11 is 0. The van der Waals surface area contributed by atoms with Crippen molar-refractivity contribution in [3.8, 4) is 0 Å². The highest BCUT2D eigenvalue weighted by Gasteiger charge is 2.29. The second-order valence-electron chi connectivity index (χ2n) is 9.04. The van der Waals surface area contributed by atoms with E-state index in [1.165, 1.54) is 23.1 Å². The van der Waals surface area contributed by atoms with E-state index in [1.807, 2.05) is 6.92 Å². The zero-order chi connectivity index (χ0) is 23.0. The summed E-state index contributed by atoms with van der Waals surface area (Å²) in [7, 11) is 0. The predicted octanol–water partition coefficient (Wildman–Crippen LogP) is 5.80. The molecule has 0 amide bonds. The van der Waals surface area contributed by atoms with Gasteiger partial charge in [0, 0.05) is 12.5 Å². The standard InChI is InChI=1S/C28H35NO4/c1-3-32-28(30)16-11-21-9-12-22(13-10-21)24-14-15-25(17-24)29-20(2)26-18-31-19-27(33-26)23-7-5-4-6-8-23/h4-5,7,9-10,12-13,18-20,24-25,29H,3,6,8,11,14-17H2,1-2H3/t20-,24+,25+/m1/s1. The van der Waals surface area contributed by atoms with Crippen LogP contribution >= 0.6 is 0 Å². The van der Waals surface area contributed by atoms with Crippen molar-refractivity contribution < 1.29 is 19.0 Å². The van der Waals surface area contributed by atoms with Gasteiger partial charge >= 0.3 is 5.97 Å². The number of carbonyl (C=O) groups is 1. The van der Waals surface area contributed by atoms with Crippen LogP contribution in [0.1, 0.15) is 69.4 Å². The van der Waals surface area contributed by atoms with Crippen LogP contribution in [0, 0.1) is 0 Å². The lowest BCUT2D eigenvalue weighted by Gasteiger charge is -2.26. The van der Waals surface area contributed by atoms with Gasteiger partial charge in [-0.2, -0.15) is 0 Å². The molecule has 5 heteroatoms. The molecular weight excluding hydrogens is 414 g/mol. The Kier molecular flexibility index (Phi) is 8.05. The number of ether oxygens (including phenoxy) is 3. The molecule has 1 aliphatic heterocycles. The molecular formula is C28H35NO4. The Labute approximate surface area is 197 Å². The van der Waals surface area contributed by atoms with Crippen molar-refractivity contribution in [2.24, 2.45) is 0 Å². The van der Waals surface area contributed by atoms with Crippen LogP contribution in [0.3, 0.4) is 0 Å². The minimum atomic E-state index is -0.127. The van der Waals surface area contributed by atoms with E-state index in [4.69, 9.17) is 14.2 Å². The first-order valence-corrected chi connectivity index (χ1v) is 12.2. The highest BCUT2D eigenvalue weighted by molar-refractivity contribution is 5.69. The van der Waals surface area contributed by atoms with Crippen molar-refractivity contribution in [2.75, 3.05) is 6.61 Å². The van der Waals surface area contributed by atoms with Crippen molar-refractivity contribution in [1.29, 1.82) is 0 Å². The number of carbonyl (C=O) groups excluding carboxylic acids is 1. The first-order chi connectivity index (χ1) is 16.1. The molecule has 1 N–H and O–H groups in total. The fourth-order valence-electron chi connectivity index (χ4n) is 4.78. The molecule has 0 bridgehead atoms. The number of benzene rings is 1. The average molecular weight is 450 g/mol. The van der Waals surface area contributed by atoms with E-state index in [0.717, 1.165) is 43.6 Å². The minimum absolute atomic E-state index is 0.0856. The number of allylic oxidation sites excluding steroid dienone is 4. The van der Waals surface area contributed by atoms with E-state index in [1.54, 1.807) is 12.5 Å². The van der Waals surface area contributed by atoms with Crippen molar-refractivity contribution in [3.05, 3.63) is 83.2 Å². The summed E-state index contributed by atoms with van der Waals surface area (Å²) in [5, 5.41) is 3.74. The summed E-state index contributed by atoms with van der Waals surface area (Å²) in [4.78, 5) is 11.6. The number of aryl methyl sites for hydroxylation is 1. The molecule has 1 heterocycles. The summed E-state index contributed by atoms with van der Waals surface area (Å²) in [6.07, 6.45) is 16.4. The zero-order valence-corrected chi connectivity index (χ0v) is 19.7. The number of nitrogens with one attached hydrogen (secondary N) is 1. The summed E-state index contributed by atoms with van der Waals surface area (Å²) in [5.41, 5.74) is 3.75. The lowest BCUT2D eigenvalue weighted by Crippen LogP contribution is -2.37. The van der Waals surface area contributed by atoms with E-state index < -0.39 is 0 Å². The molecule has 4 rings (SSSR count). The van der Waals surface area contributed by atoms with Crippen molar-refractivity contribution >= 4 is 5.97 Å². The predicted molar refractivity (Wildman–Crippen MR) is 129 cm³/mol. The highest BCUT2D eigenvalue weighted by Crippen LogP contribution is 2.35. The summed E-state index contributed by atoms with van der Waals surface area (Å²) < 4.78 is 16.8. The SMILES string of the molecule is CCOC(=O)CCc1ccc([C@H]2CC[C@H](N[C@H](C)C3=COC=C(C4=CC=CCC4)O3)C2)cc1. The second-order valence-corrected chi connectivity index (χ2v) is 9.04. The third kappa shape index (κ3) is 6.38. The lowest BCUT2D eigenvalue weighted by atomic mass is 9.95. The normalized spacial score (nSPS) is 23.0. The first kappa shape index (κ1) is 23.4. The van der Waals surface area contributed by atoms with E-state index in [9.17, 15) is 4.79 Å². The molecule has 0 saturated heterocycles. The van der Waals surface area contributed by atoms with E-state index in [-0.39, 0.29) is 12.0 Å². The Bertz CT molecular complexity index is 941.